The first-order valence-corrected chi connectivity index (χ1v) is 10.8. The van der Waals surface area contributed by atoms with Crippen molar-refractivity contribution >= 4 is 27.8 Å². The molecule has 2 aliphatic heterocycles. The number of fused-ring (bicyclic) bond motifs is 4. The minimum atomic E-state index is -5.84. The summed E-state index contributed by atoms with van der Waals surface area (Å²) in [5, 5.41) is 11.7. The van der Waals surface area contributed by atoms with Crippen LogP contribution in [0.25, 0.3) is 0 Å². The van der Waals surface area contributed by atoms with Gasteiger partial charge >= 0.3 is 15.6 Å². The summed E-state index contributed by atoms with van der Waals surface area (Å²) in [7, 11) is -5.84. The summed E-state index contributed by atoms with van der Waals surface area (Å²) in [6.45, 7) is -0.725. The van der Waals surface area contributed by atoms with Crippen molar-refractivity contribution in [1.29, 1.82) is 0 Å². The average Bonchev–Trinajstić information content (AvgIpc) is 2.67. The van der Waals surface area contributed by atoms with E-state index in [0.717, 1.165) is 22.2 Å². The number of hydrogen-bond donors (Lipinski definition) is 1. The van der Waals surface area contributed by atoms with Crippen LogP contribution in [0.1, 0.15) is 23.1 Å². The zero-order valence-electron chi connectivity index (χ0n) is 15.6. The molecule has 0 radical (unpaired) electrons. The normalized spacial score (nSPS) is 22.0. The zero-order valence-corrected chi connectivity index (χ0v) is 16.4. The monoisotopic (exact) mass is 432 g/mol. The van der Waals surface area contributed by atoms with Gasteiger partial charge in [-0.1, -0.05) is 54.0 Å². The molecule has 1 atom stereocenters. The maximum absolute atomic E-state index is 13.0. The molecule has 3 aliphatic rings. The smallest absolute Gasteiger partial charge is 0.393 e. The second-order valence-corrected chi connectivity index (χ2v) is 9.37. The minimum absolute atomic E-state index is 0.275. The predicted octanol–water partition coefficient (Wildman–Crippen LogP) is 2.14. The fourth-order valence-electron chi connectivity index (χ4n) is 4.91. The van der Waals surface area contributed by atoms with Gasteiger partial charge in [0.25, 0.3) is 6.71 Å². The molecule has 5 rings (SSSR count). The van der Waals surface area contributed by atoms with E-state index in [1.165, 1.54) is 12.1 Å². The van der Waals surface area contributed by atoms with E-state index in [1.54, 1.807) is 12.1 Å². The van der Waals surface area contributed by atoms with Crippen LogP contribution in [0.3, 0.4) is 0 Å². The minimum Gasteiger partial charge on any atom is -0.393 e. The topological polar surface area (TPSA) is 63.6 Å². The third-order valence-electron chi connectivity index (χ3n) is 6.16. The Hall–Kier alpha value is -2.52. The highest BCUT2D eigenvalue weighted by atomic mass is 32.2. The number of halogens is 3. The average molecular weight is 432 g/mol. The molecule has 1 aliphatic carbocycles. The van der Waals surface area contributed by atoms with Crippen LogP contribution in [0.15, 0.2) is 60.2 Å². The highest BCUT2D eigenvalue weighted by molar-refractivity contribution is 7.88. The van der Waals surface area contributed by atoms with Crippen LogP contribution in [-0.4, -0.2) is 31.2 Å². The summed E-state index contributed by atoms with van der Waals surface area (Å²) in [5.74, 6) is -0.389. The maximum Gasteiger partial charge on any atom is 0.534 e. The van der Waals surface area contributed by atoms with E-state index >= 15 is 0 Å². The molecular weight excluding hydrogens is 416 g/mol. The molecule has 30 heavy (non-hydrogen) atoms. The van der Waals surface area contributed by atoms with Gasteiger partial charge in [-0.2, -0.15) is 21.6 Å². The molecule has 154 valence electrons. The highest BCUT2D eigenvalue weighted by Gasteiger charge is 2.54. The molecule has 2 aromatic carbocycles. The first-order chi connectivity index (χ1) is 14.1. The molecule has 2 aromatic rings. The SMILES string of the molecule is O=S(=O)(Oc1cccc2c1B1c3c(cccc3C2)CC2=CC=CCC12O)C(F)(F)F. The lowest BCUT2D eigenvalue weighted by Crippen LogP contribution is -2.68. The van der Waals surface area contributed by atoms with Gasteiger partial charge in [0.1, 0.15) is 5.75 Å². The zero-order chi connectivity index (χ0) is 21.3. The molecule has 0 fully saturated rings. The number of hydrogen-bond acceptors (Lipinski definition) is 4. The summed E-state index contributed by atoms with van der Waals surface area (Å²) >= 11 is 0. The van der Waals surface area contributed by atoms with Crippen molar-refractivity contribution in [2.24, 2.45) is 0 Å². The Bertz CT molecular complexity index is 1230. The van der Waals surface area contributed by atoms with Crippen molar-refractivity contribution in [3.63, 3.8) is 0 Å². The second kappa shape index (κ2) is 6.24. The van der Waals surface area contributed by atoms with E-state index in [1.807, 2.05) is 30.4 Å². The first kappa shape index (κ1) is 19.4. The first-order valence-electron chi connectivity index (χ1n) is 9.43. The molecule has 0 bridgehead atoms. The van der Waals surface area contributed by atoms with E-state index in [4.69, 9.17) is 0 Å². The molecular formula is C21H16BF3O4S. The third kappa shape index (κ3) is 2.68. The fourth-order valence-corrected chi connectivity index (χ4v) is 5.39. The van der Waals surface area contributed by atoms with Crippen molar-refractivity contribution in [2.75, 3.05) is 0 Å². The van der Waals surface area contributed by atoms with Crippen LogP contribution in [-0.2, 0) is 23.0 Å². The van der Waals surface area contributed by atoms with Crippen molar-refractivity contribution in [2.45, 2.75) is 30.3 Å². The van der Waals surface area contributed by atoms with Gasteiger partial charge in [0.05, 0.1) is 5.50 Å². The number of benzene rings is 2. The lowest BCUT2D eigenvalue weighted by Gasteiger charge is -2.45. The van der Waals surface area contributed by atoms with E-state index < -0.39 is 27.8 Å². The van der Waals surface area contributed by atoms with Gasteiger partial charge in [-0.05, 0) is 53.1 Å². The van der Waals surface area contributed by atoms with Gasteiger partial charge in [0.2, 0.25) is 0 Å². The molecule has 0 saturated carbocycles. The Morgan fingerprint density at radius 2 is 1.63 bits per heavy atom. The van der Waals surface area contributed by atoms with Crippen LogP contribution >= 0.6 is 0 Å². The van der Waals surface area contributed by atoms with E-state index in [0.29, 0.717) is 23.9 Å². The van der Waals surface area contributed by atoms with Gasteiger partial charge in [-0.25, -0.2) is 0 Å². The van der Waals surface area contributed by atoms with Gasteiger partial charge in [0.15, 0.2) is 0 Å². The lowest BCUT2D eigenvalue weighted by molar-refractivity contribution is -0.0499. The van der Waals surface area contributed by atoms with Crippen LogP contribution < -0.4 is 15.1 Å². The molecule has 0 saturated heterocycles. The Morgan fingerprint density at radius 3 is 2.33 bits per heavy atom. The van der Waals surface area contributed by atoms with Crippen LogP contribution in [0, 0.1) is 0 Å². The summed E-state index contributed by atoms with van der Waals surface area (Å²) in [4.78, 5) is 0. The lowest BCUT2D eigenvalue weighted by atomic mass is 9.24. The van der Waals surface area contributed by atoms with E-state index in [-0.39, 0.29) is 12.2 Å². The van der Waals surface area contributed by atoms with Crippen molar-refractivity contribution < 1.29 is 30.9 Å². The van der Waals surface area contributed by atoms with Crippen LogP contribution in [0.5, 0.6) is 5.75 Å². The summed E-state index contributed by atoms with van der Waals surface area (Å²) in [6.07, 6.45) is 6.70. The molecule has 1 unspecified atom stereocenters. The van der Waals surface area contributed by atoms with Crippen LogP contribution in [0.4, 0.5) is 13.2 Å². The highest BCUT2D eigenvalue weighted by Crippen LogP contribution is 2.39. The van der Waals surface area contributed by atoms with Crippen molar-refractivity contribution in [1.82, 2.24) is 0 Å². The summed E-state index contributed by atoms with van der Waals surface area (Å²) in [6, 6.07) is 10.2. The molecule has 0 spiro atoms. The number of allylic oxidation sites excluding steroid dienone is 2. The Morgan fingerprint density at radius 1 is 1.00 bits per heavy atom. The Balaban J connectivity index is 1.76. The number of rotatable bonds is 2. The summed E-state index contributed by atoms with van der Waals surface area (Å²) in [5.41, 5.74) is -2.42. The molecule has 2 heterocycles. The molecule has 0 amide bonds. The van der Waals surface area contributed by atoms with Crippen molar-refractivity contribution in [3.8, 4) is 5.75 Å². The largest absolute Gasteiger partial charge is 0.534 e. The van der Waals surface area contributed by atoms with E-state index in [2.05, 4.69) is 4.18 Å². The van der Waals surface area contributed by atoms with Gasteiger partial charge in [0, 0.05) is 0 Å². The molecule has 9 heteroatoms. The second-order valence-electron chi connectivity index (χ2n) is 7.84. The maximum atomic E-state index is 13.0. The van der Waals surface area contributed by atoms with Gasteiger partial charge in [-0.3, -0.25) is 0 Å². The third-order valence-corrected chi connectivity index (χ3v) is 7.13. The number of alkyl halides is 3. The Labute approximate surface area is 171 Å². The predicted molar refractivity (Wildman–Crippen MR) is 107 cm³/mol. The van der Waals surface area contributed by atoms with Gasteiger partial charge in [-0.15, -0.1) is 0 Å². The van der Waals surface area contributed by atoms with Crippen LogP contribution in [0.2, 0.25) is 0 Å². The van der Waals surface area contributed by atoms with E-state index in [9.17, 15) is 26.7 Å². The molecule has 4 nitrogen and oxygen atoms in total. The summed E-state index contributed by atoms with van der Waals surface area (Å²) < 4.78 is 67.1. The molecule has 0 aromatic heterocycles. The quantitative estimate of drug-likeness (QED) is 0.449. The van der Waals surface area contributed by atoms with Crippen molar-refractivity contribution in [3.05, 3.63) is 76.9 Å². The molecule has 1 N–H and O–H groups in total. The fraction of sp³-hybridized carbons (Fsp3) is 0.238. The number of aliphatic hydroxyl groups is 1. The Kier molecular flexibility index (Phi) is 4.05. The standard InChI is InChI=1S/C21H16BF3O4S/c23-21(24,25)30(27,28)29-17-9-4-7-14-11-13-5-3-6-15-12-16-8-1-2-10-20(16,26)22(18(13)15)19(14)17/h1-9,26H,10-12H2. The van der Waals surface area contributed by atoms with Gasteiger partial charge < -0.3 is 9.29 Å².